The summed E-state index contributed by atoms with van der Waals surface area (Å²) in [5.74, 6) is -0.299. The highest BCUT2D eigenvalue weighted by molar-refractivity contribution is 5.76. The van der Waals surface area contributed by atoms with Crippen LogP contribution in [-0.2, 0) is 11.3 Å². The Morgan fingerprint density at radius 2 is 2.06 bits per heavy atom. The summed E-state index contributed by atoms with van der Waals surface area (Å²) in [5.41, 5.74) is 13.0. The second-order valence-electron chi connectivity index (χ2n) is 4.71. The lowest BCUT2D eigenvalue weighted by Crippen LogP contribution is -2.39. The Morgan fingerprint density at radius 1 is 1.39 bits per heavy atom. The van der Waals surface area contributed by atoms with E-state index in [2.05, 4.69) is 18.7 Å². The summed E-state index contributed by atoms with van der Waals surface area (Å²) < 4.78 is 0. The molecule has 4 heteroatoms. The van der Waals surface area contributed by atoms with Crippen LogP contribution in [0, 0.1) is 0 Å². The van der Waals surface area contributed by atoms with Crippen molar-refractivity contribution in [2.45, 2.75) is 39.3 Å². The van der Waals surface area contributed by atoms with Crippen LogP contribution in [0.4, 0.5) is 5.69 Å². The lowest BCUT2D eigenvalue weighted by molar-refractivity contribution is -0.119. The van der Waals surface area contributed by atoms with Crippen molar-refractivity contribution >= 4 is 11.6 Å². The van der Waals surface area contributed by atoms with E-state index in [0.29, 0.717) is 12.6 Å². The zero-order chi connectivity index (χ0) is 13.5. The van der Waals surface area contributed by atoms with Crippen molar-refractivity contribution in [2.75, 3.05) is 12.3 Å². The molecule has 1 aromatic carbocycles. The number of para-hydroxylation sites is 1. The minimum Gasteiger partial charge on any atom is -0.398 e. The number of hydrogen-bond acceptors (Lipinski definition) is 3. The van der Waals surface area contributed by atoms with Crippen LogP contribution in [0.5, 0.6) is 0 Å². The van der Waals surface area contributed by atoms with Gasteiger partial charge in [-0.05, 0) is 25.0 Å². The SMILES string of the molecule is CCCC(C)N(CC(N)=O)Cc1ccccc1N. The fourth-order valence-electron chi connectivity index (χ4n) is 2.07. The zero-order valence-electron chi connectivity index (χ0n) is 11.2. The van der Waals surface area contributed by atoms with E-state index in [9.17, 15) is 4.79 Å². The van der Waals surface area contributed by atoms with Gasteiger partial charge in [-0.2, -0.15) is 0 Å². The van der Waals surface area contributed by atoms with Crippen molar-refractivity contribution in [3.63, 3.8) is 0 Å². The van der Waals surface area contributed by atoms with Crippen molar-refractivity contribution in [3.05, 3.63) is 29.8 Å². The van der Waals surface area contributed by atoms with Crippen LogP contribution >= 0.6 is 0 Å². The third-order valence-corrected chi connectivity index (χ3v) is 3.12. The van der Waals surface area contributed by atoms with Crippen LogP contribution in [0.25, 0.3) is 0 Å². The van der Waals surface area contributed by atoms with E-state index in [4.69, 9.17) is 11.5 Å². The Bertz CT molecular complexity index is 392. The summed E-state index contributed by atoms with van der Waals surface area (Å²) in [4.78, 5) is 13.2. The van der Waals surface area contributed by atoms with Crippen LogP contribution in [-0.4, -0.2) is 23.4 Å². The average Bonchev–Trinajstić information content (AvgIpc) is 2.31. The van der Waals surface area contributed by atoms with Gasteiger partial charge >= 0.3 is 0 Å². The van der Waals surface area contributed by atoms with Gasteiger partial charge in [-0.1, -0.05) is 31.5 Å². The molecule has 18 heavy (non-hydrogen) atoms. The predicted octanol–water partition coefficient (Wildman–Crippen LogP) is 1.74. The molecule has 0 bridgehead atoms. The summed E-state index contributed by atoms with van der Waals surface area (Å²) in [6, 6.07) is 8.05. The number of nitrogen functional groups attached to an aromatic ring is 1. The van der Waals surface area contributed by atoms with Crippen LogP contribution < -0.4 is 11.5 Å². The van der Waals surface area contributed by atoms with Gasteiger partial charge in [0.05, 0.1) is 6.54 Å². The number of benzene rings is 1. The molecule has 0 aliphatic heterocycles. The lowest BCUT2D eigenvalue weighted by Gasteiger charge is -2.28. The maximum atomic E-state index is 11.1. The van der Waals surface area contributed by atoms with Crippen molar-refractivity contribution in [1.82, 2.24) is 4.90 Å². The maximum absolute atomic E-state index is 11.1. The zero-order valence-corrected chi connectivity index (χ0v) is 11.2. The molecular weight excluding hydrogens is 226 g/mol. The second kappa shape index (κ2) is 7.01. The van der Waals surface area contributed by atoms with Crippen LogP contribution in [0.1, 0.15) is 32.3 Å². The highest BCUT2D eigenvalue weighted by Crippen LogP contribution is 2.16. The predicted molar refractivity (Wildman–Crippen MR) is 74.8 cm³/mol. The molecular formula is C14H23N3O. The average molecular weight is 249 g/mol. The number of rotatable bonds is 7. The van der Waals surface area contributed by atoms with E-state index in [-0.39, 0.29) is 12.5 Å². The van der Waals surface area contributed by atoms with Crippen molar-refractivity contribution in [3.8, 4) is 0 Å². The first-order valence-electron chi connectivity index (χ1n) is 6.40. The summed E-state index contributed by atoms with van der Waals surface area (Å²) >= 11 is 0. The third kappa shape index (κ3) is 4.37. The van der Waals surface area contributed by atoms with Gasteiger partial charge in [-0.25, -0.2) is 0 Å². The summed E-state index contributed by atoms with van der Waals surface area (Å²) in [6.45, 7) is 5.19. The fourth-order valence-corrected chi connectivity index (χ4v) is 2.07. The van der Waals surface area contributed by atoms with Crippen molar-refractivity contribution < 1.29 is 4.79 Å². The molecule has 0 aliphatic rings. The van der Waals surface area contributed by atoms with Gasteiger partial charge < -0.3 is 11.5 Å². The van der Waals surface area contributed by atoms with Gasteiger partial charge in [-0.3, -0.25) is 9.69 Å². The quantitative estimate of drug-likeness (QED) is 0.723. The highest BCUT2D eigenvalue weighted by Gasteiger charge is 2.16. The first-order chi connectivity index (χ1) is 8.54. The molecule has 1 aromatic rings. The minimum atomic E-state index is -0.299. The molecule has 4 nitrogen and oxygen atoms in total. The molecule has 0 radical (unpaired) electrons. The Morgan fingerprint density at radius 3 is 2.61 bits per heavy atom. The number of carbonyl (C=O) groups excluding carboxylic acids is 1. The van der Waals surface area contributed by atoms with E-state index < -0.39 is 0 Å². The molecule has 1 amide bonds. The molecule has 0 saturated carbocycles. The molecule has 0 aromatic heterocycles. The van der Waals surface area contributed by atoms with Crippen LogP contribution in [0.2, 0.25) is 0 Å². The molecule has 1 atom stereocenters. The number of nitrogens with two attached hydrogens (primary N) is 2. The number of nitrogens with zero attached hydrogens (tertiary/aromatic N) is 1. The largest absolute Gasteiger partial charge is 0.398 e. The van der Waals surface area contributed by atoms with Crippen LogP contribution in [0.3, 0.4) is 0 Å². The molecule has 1 unspecified atom stereocenters. The minimum absolute atomic E-state index is 0.273. The third-order valence-electron chi connectivity index (χ3n) is 3.12. The topological polar surface area (TPSA) is 72.3 Å². The first-order valence-corrected chi connectivity index (χ1v) is 6.40. The Kier molecular flexibility index (Phi) is 5.65. The van der Waals surface area contributed by atoms with Gasteiger partial charge in [0.1, 0.15) is 0 Å². The number of amides is 1. The van der Waals surface area contributed by atoms with Gasteiger partial charge in [0.25, 0.3) is 0 Å². The van der Waals surface area contributed by atoms with Crippen LogP contribution in [0.15, 0.2) is 24.3 Å². The Balaban J connectivity index is 2.77. The standard InChI is InChI=1S/C14H23N3O/c1-3-6-11(2)17(10-14(16)18)9-12-7-4-5-8-13(12)15/h4-5,7-8,11H,3,6,9-10,15H2,1-2H3,(H2,16,18). The molecule has 0 fully saturated rings. The molecule has 1 rings (SSSR count). The normalized spacial score (nSPS) is 12.6. The molecule has 4 N–H and O–H groups in total. The first kappa shape index (κ1) is 14.5. The number of anilines is 1. The second-order valence-corrected chi connectivity index (χ2v) is 4.71. The van der Waals surface area contributed by atoms with E-state index >= 15 is 0 Å². The van der Waals surface area contributed by atoms with Crippen molar-refractivity contribution in [1.29, 1.82) is 0 Å². The van der Waals surface area contributed by atoms with Crippen molar-refractivity contribution in [2.24, 2.45) is 5.73 Å². The molecule has 0 spiro atoms. The van der Waals surface area contributed by atoms with Gasteiger partial charge in [0.15, 0.2) is 0 Å². The van der Waals surface area contributed by atoms with E-state index in [0.717, 1.165) is 24.1 Å². The van der Waals surface area contributed by atoms with Gasteiger partial charge in [0.2, 0.25) is 5.91 Å². The van der Waals surface area contributed by atoms with E-state index in [1.807, 2.05) is 24.3 Å². The van der Waals surface area contributed by atoms with Gasteiger partial charge in [-0.15, -0.1) is 0 Å². The Hall–Kier alpha value is -1.55. The molecule has 0 saturated heterocycles. The number of primary amides is 1. The summed E-state index contributed by atoms with van der Waals surface area (Å²) in [7, 11) is 0. The molecule has 100 valence electrons. The molecule has 0 heterocycles. The number of carbonyl (C=O) groups is 1. The smallest absolute Gasteiger partial charge is 0.231 e. The monoisotopic (exact) mass is 249 g/mol. The summed E-state index contributed by atoms with van der Waals surface area (Å²) in [5, 5.41) is 0. The maximum Gasteiger partial charge on any atom is 0.231 e. The highest BCUT2D eigenvalue weighted by atomic mass is 16.1. The lowest BCUT2D eigenvalue weighted by atomic mass is 10.1. The summed E-state index contributed by atoms with van der Waals surface area (Å²) in [6.07, 6.45) is 2.13. The number of hydrogen-bond donors (Lipinski definition) is 2. The van der Waals surface area contributed by atoms with E-state index in [1.54, 1.807) is 0 Å². The Labute approximate surface area is 109 Å². The van der Waals surface area contributed by atoms with Gasteiger partial charge in [0, 0.05) is 18.3 Å². The fraction of sp³-hybridized carbons (Fsp3) is 0.500. The van der Waals surface area contributed by atoms with E-state index in [1.165, 1.54) is 0 Å². The molecule has 0 aliphatic carbocycles.